The van der Waals surface area contributed by atoms with Crippen molar-refractivity contribution in [3.05, 3.63) is 54.1 Å². The number of carboxylic acid groups (broad SMARTS) is 1. The lowest BCUT2D eigenvalue weighted by atomic mass is 10.1. The lowest BCUT2D eigenvalue weighted by Crippen LogP contribution is -2.21. The van der Waals surface area contributed by atoms with Gasteiger partial charge in [-0.3, -0.25) is 0 Å². The highest BCUT2D eigenvalue weighted by atomic mass is 16.4. The van der Waals surface area contributed by atoms with Crippen molar-refractivity contribution in [2.75, 3.05) is 16.4 Å². The highest BCUT2D eigenvalue weighted by Crippen LogP contribution is 2.19. The number of nitrogen functional groups attached to an aromatic ring is 1. The second-order valence-electron chi connectivity index (χ2n) is 4.06. The van der Waals surface area contributed by atoms with Crippen LogP contribution in [0.4, 0.5) is 21.9 Å². The molecule has 0 aliphatic carbocycles. The van der Waals surface area contributed by atoms with E-state index in [1.807, 2.05) is 6.07 Å². The zero-order chi connectivity index (χ0) is 14.5. The van der Waals surface area contributed by atoms with Crippen LogP contribution in [0.5, 0.6) is 0 Å². The molecule has 102 valence electrons. The molecule has 2 aromatic rings. The summed E-state index contributed by atoms with van der Waals surface area (Å²) in [6.07, 6.45) is 0. The van der Waals surface area contributed by atoms with Crippen molar-refractivity contribution in [2.24, 2.45) is 0 Å². The predicted molar refractivity (Wildman–Crippen MR) is 76.9 cm³/mol. The van der Waals surface area contributed by atoms with Gasteiger partial charge in [0.25, 0.3) is 0 Å². The molecule has 2 aromatic carbocycles. The molecule has 0 aliphatic rings. The standard InChI is InChI=1S/C14H13N3O3/c15-9-6-7-12(11(8-9)13(18)19)17-14(20)16-10-4-2-1-3-5-10/h1-8H,15H2,(H,18,19)(H2,16,17,20). The molecule has 0 fully saturated rings. The number of carbonyl (C=O) groups excluding carboxylic acids is 1. The van der Waals surface area contributed by atoms with E-state index in [-0.39, 0.29) is 11.3 Å². The van der Waals surface area contributed by atoms with Gasteiger partial charge in [0.2, 0.25) is 0 Å². The quantitative estimate of drug-likeness (QED) is 0.644. The van der Waals surface area contributed by atoms with Crippen LogP contribution in [-0.2, 0) is 0 Å². The van der Waals surface area contributed by atoms with Gasteiger partial charge in [0.15, 0.2) is 0 Å². The first kappa shape index (κ1) is 13.4. The molecule has 0 aliphatic heterocycles. The first-order valence-electron chi connectivity index (χ1n) is 5.82. The molecule has 0 heterocycles. The fraction of sp³-hybridized carbons (Fsp3) is 0. The summed E-state index contributed by atoms with van der Waals surface area (Å²) in [5.74, 6) is -1.16. The number of amides is 2. The topological polar surface area (TPSA) is 104 Å². The van der Waals surface area contributed by atoms with E-state index in [4.69, 9.17) is 10.8 Å². The molecule has 0 bridgehead atoms. The number of hydrogen-bond acceptors (Lipinski definition) is 3. The second kappa shape index (κ2) is 5.75. The van der Waals surface area contributed by atoms with E-state index in [9.17, 15) is 9.59 Å². The smallest absolute Gasteiger partial charge is 0.337 e. The van der Waals surface area contributed by atoms with Gasteiger partial charge >= 0.3 is 12.0 Å². The molecule has 0 saturated heterocycles. The maximum atomic E-state index is 11.8. The summed E-state index contributed by atoms with van der Waals surface area (Å²) >= 11 is 0. The molecule has 0 aromatic heterocycles. The molecule has 0 radical (unpaired) electrons. The number of para-hydroxylation sites is 1. The molecule has 6 nitrogen and oxygen atoms in total. The van der Waals surface area contributed by atoms with Gasteiger partial charge in [-0.25, -0.2) is 9.59 Å². The van der Waals surface area contributed by atoms with Gasteiger partial charge < -0.3 is 21.5 Å². The third-order valence-corrected chi connectivity index (χ3v) is 2.55. The fourth-order valence-electron chi connectivity index (χ4n) is 1.65. The number of hydrogen-bond donors (Lipinski definition) is 4. The number of urea groups is 1. The van der Waals surface area contributed by atoms with Crippen molar-refractivity contribution in [3.8, 4) is 0 Å². The van der Waals surface area contributed by atoms with Crippen LogP contribution in [0, 0.1) is 0 Å². The number of anilines is 3. The lowest BCUT2D eigenvalue weighted by molar-refractivity contribution is 0.0698. The summed E-state index contributed by atoms with van der Waals surface area (Å²) in [6, 6.07) is 12.6. The number of rotatable bonds is 3. The van der Waals surface area contributed by atoms with Gasteiger partial charge in [0.05, 0.1) is 11.3 Å². The van der Waals surface area contributed by atoms with Crippen LogP contribution in [0.2, 0.25) is 0 Å². The maximum Gasteiger partial charge on any atom is 0.337 e. The normalized spacial score (nSPS) is 9.80. The number of nitrogens with two attached hydrogens (primary N) is 1. The van der Waals surface area contributed by atoms with Crippen LogP contribution in [0.25, 0.3) is 0 Å². The van der Waals surface area contributed by atoms with E-state index in [0.717, 1.165) is 0 Å². The van der Waals surface area contributed by atoms with E-state index in [0.29, 0.717) is 11.4 Å². The molecular weight excluding hydrogens is 258 g/mol. The van der Waals surface area contributed by atoms with Crippen molar-refractivity contribution in [2.45, 2.75) is 0 Å². The molecule has 0 unspecified atom stereocenters. The van der Waals surface area contributed by atoms with Crippen molar-refractivity contribution in [1.82, 2.24) is 0 Å². The fourth-order valence-corrected chi connectivity index (χ4v) is 1.65. The number of carbonyl (C=O) groups is 2. The monoisotopic (exact) mass is 271 g/mol. The zero-order valence-electron chi connectivity index (χ0n) is 10.5. The Hall–Kier alpha value is -3.02. The summed E-state index contributed by atoms with van der Waals surface area (Å²) in [5, 5.41) is 14.1. The third-order valence-electron chi connectivity index (χ3n) is 2.55. The summed E-state index contributed by atoms with van der Waals surface area (Å²) in [6.45, 7) is 0. The maximum absolute atomic E-state index is 11.8. The molecule has 0 saturated carbocycles. The first-order valence-corrected chi connectivity index (χ1v) is 5.82. The summed E-state index contributed by atoms with van der Waals surface area (Å²) in [4.78, 5) is 22.9. The van der Waals surface area contributed by atoms with Crippen molar-refractivity contribution < 1.29 is 14.7 Å². The van der Waals surface area contributed by atoms with Gasteiger partial charge in [-0.1, -0.05) is 18.2 Å². The minimum atomic E-state index is -1.16. The lowest BCUT2D eigenvalue weighted by Gasteiger charge is -2.10. The van der Waals surface area contributed by atoms with Crippen LogP contribution < -0.4 is 16.4 Å². The highest BCUT2D eigenvalue weighted by molar-refractivity contribution is 6.05. The van der Waals surface area contributed by atoms with Crippen LogP contribution >= 0.6 is 0 Å². The van der Waals surface area contributed by atoms with Crippen molar-refractivity contribution in [1.29, 1.82) is 0 Å². The van der Waals surface area contributed by atoms with Crippen LogP contribution in [0.15, 0.2) is 48.5 Å². The first-order chi connectivity index (χ1) is 9.56. The molecule has 0 atom stereocenters. The Morgan fingerprint density at radius 2 is 1.70 bits per heavy atom. The SMILES string of the molecule is Nc1ccc(NC(=O)Nc2ccccc2)c(C(=O)O)c1. The zero-order valence-corrected chi connectivity index (χ0v) is 10.5. The number of carboxylic acids is 1. The van der Waals surface area contributed by atoms with Crippen LogP contribution in [-0.4, -0.2) is 17.1 Å². The Labute approximate surface area is 115 Å². The number of aromatic carboxylic acids is 1. The van der Waals surface area contributed by atoms with E-state index in [1.165, 1.54) is 18.2 Å². The summed E-state index contributed by atoms with van der Waals surface area (Å²) in [7, 11) is 0. The Kier molecular flexibility index (Phi) is 3.85. The molecule has 0 spiro atoms. The van der Waals surface area contributed by atoms with Crippen molar-refractivity contribution >= 4 is 29.1 Å². The molecule has 6 heteroatoms. The molecule has 2 amide bonds. The van der Waals surface area contributed by atoms with Gasteiger partial charge in [-0.2, -0.15) is 0 Å². The average Bonchev–Trinajstić information content (AvgIpc) is 2.41. The number of benzene rings is 2. The third kappa shape index (κ3) is 3.26. The Morgan fingerprint density at radius 1 is 1.00 bits per heavy atom. The second-order valence-corrected chi connectivity index (χ2v) is 4.06. The average molecular weight is 271 g/mol. The predicted octanol–water partition coefficient (Wildman–Crippen LogP) is 2.61. The summed E-state index contributed by atoms with van der Waals surface area (Å²) in [5.41, 5.74) is 6.57. The number of nitrogens with one attached hydrogen (secondary N) is 2. The Balaban J connectivity index is 2.14. The van der Waals surface area contributed by atoms with Crippen molar-refractivity contribution in [3.63, 3.8) is 0 Å². The van der Waals surface area contributed by atoms with Gasteiger partial charge in [-0.05, 0) is 30.3 Å². The molecule has 20 heavy (non-hydrogen) atoms. The van der Waals surface area contributed by atoms with Gasteiger partial charge in [0, 0.05) is 11.4 Å². The molecule has 5 N–H and O–H groups in total. The minimum absolute atomic E-state index is 0.0618. The van der Waals surface area contributed by atoms with Gasteiger partial charge in [-0.15, -0.1) is 0 Å². The van der Waals surface area contributed by atoms with E-state index < -0.39 is 12.0 Å². The Morgan fingerprint density at radius 3 is 2.35 bits per heavy atom. The Bertz CT molecular complexity index is 641. The minimum Gasteiger partial charge on any atom is -0.478 e. The molecular formula is C14H13N3O3. The van der Waals surface area contributed by atoms with Gasteiger partial charge in [0.1, 0.15) is 0 Å². The largest absolute Gasteiger partial charge is 0.478 e. The highest BCUT2D eigenvalue weighted by Gasteiger charge is 2.12. The molecule has 2 rings (SSSR count). The van der Waals surface area contributed by atoms with Crippen LogP contribution in [0.3, 0.4) is 0 Å². The van der Waals surface area contributed by atoms with E-state index in [2.05, 4.69) is 10.6 Å². The van der Waals surface area contributed by atoms with Crippen LogP contribution in [0.1, 0.15) is 10.4 Å². The van der Waals surface area contributed by atoms with E-state index >= 15 is 0 Å². The summed E-state index contributed by atoms with van der Waals surface area (Å²) < 4.78 is 0. The van der Waals surface area contributed by atoms with E-state index in [1.54, 1.807) is 24.3 Å².